The second-order valence-electron chi connectivity index (χ2n) is 3.11. The highest BCUT2D eigenvalue weighted by atomic mass is 16.3. The van der Waals surface area contributed by atoms with E-state index in [0.29, 0.717) is 5.92 Å². The lowest BCUT2D eigenvalue weighted by molar-refractivity contribution is 0.0655. The minimum Gasteiger partial charge on any atom is -0.392 e. The average Bonchev–Trinajstić information content (AvgIpc) is 1.85. The van der Waals surface area contributed by atoms with Gasteiger partial charge < -0.3 is 10.0 Å². The van der Waals surface area contributed by atoms with Crippen LogP contribution < -0.4 is 0 Å². The summed E-state index contributed by atoms with van der Waals surface area (Å²) in [6, 6.07) is 0. The van der Waals surface area contributed by atoms with E-state index in [1.807, 2.05) is 13.1 Å². The van der Waals surface area contributed by atoms with Crippen LogP contribution in [-0.2, 0) is 0 Å². The third-order valence-electron chi connectivity index (χ3n) is 1.98. The van der Waals surface area contributed by atoms with E-state index in [4.69, 9.17) is 0 Å². The van der Waals surface area contributed by atoms with Crippen molar-refractivity contribution in [2.75, 3.05) is 20.1 Å². The summed E-state index contributed by atoms with van der Waals surface area (Å²) in [7, 11) is 2.03. The van der Waals surface area contributed by atoms with Gasteiger partial charge in [-0.1, -0.05) is 6.08 Å². The summed E-state index contributed by atoms with van der Waals surface area (Å²) in [6.07, 6.45) is 2.66. The molecule has 0 aliphatic carbocycles. The van der Waals surface area contributed by atoms with Crippen molar-refractivity contribution in [1.29, 1.82) is 0 Å². The number of β-amino-alcohol motifs (C(OH)–C–C–N with tert-alkyl or cyclic N) is 1. The van der Waals surface area contributed by atoms with E-state index in [2.05, 4.69) is 11.5 Å². The Labute approximate surface area is 62.2 Å². The number of rotatable bonds is 1. The summed E-state index contributed by atoms with van der Waals surface area (Å²) >= 11 is 0. The summed E-state index contributed by atoms with van der Waals surface area (Å²) in [4.78, 5) is 2.14. The lowest BCUT2D eigenvalue weighted by atomic mass is 9.97. The first-order chi connectivity index (χ1) is 4.72. The standard InChI is InChI=1S/C8H15NO/c1-3-7-4-8(10)6-9(2)5-7/h3,7-8,10H,1,4-6H2,2H3/t7-,8?/m0/s1. The van der Waals surface area contributed by atoms with E-state index in [9.17, 15) is 5.11 Å². The number of hydrogen-bond donors (Lipinski definition) is 1. The van der Waals surface area contributed by atoms with Gasteiger partial charge in [0.25, 0.3) is 0 Å². The molecule has 2 nitrogen and oxygen atoms in total. The molecule has 0 aromatic carbocycles. The lowest BCUT2D eigenvalue weighted by Crippen LogP contribution is -2.39. The maximum absolute atomic E-state index is 9.29. The third-order valence-corrected chi connectivity index (χ3v) is 1.98. The number of nitrogens with zero attached hydrogens (tertiary/aromatic N) is 1. The molecule has 2 heteroatoms. The van der Waals surface area contributed by atoms with Crippen LogP contribution in [0.5, 0.6) is 0 Å². The van der Waals surface area contributed by atoms with Gasteiger partial charge in [-0.25, -0.2) is 0 Å². The molecule has 0 aromatic heterocycles. The van der Waals surface area contributed by atoms with Crippen molar-refractivity contribution in [1.82, 2.24) is 4.90 Å². The van der Waals surface area contributed by atoms with Crippen LogP contribution in [-0.4, -0.2) is 36.2 Å². The van der Waals surface area contributed by atoms with Crippen LogP contribution in [0.25, 0.3) is 0 Å². The Balaban J connectivity index is 2.42. The molecule has 10 heavy (non-hydrogen) atoms. The third kappa shape index (κ3) is 1.82. The first-order valence-electron chi connectivity index (χ1n) is 3.71. The smallest absolute Gasteiger partial charge is 0.0673 e. The van der Waals surface area contributed by atoms with Gasteiger partial charge >= 0.3 is 0 Å². The number of likely N-dealkylation sites (N-methyl/N-ethyl adjacent to an activating group) is 1. The monoisotopic (exact) mass is 141 g/mol. The fraction of sp³-hybridized carbons (Fsp3) is 0.750. The number of hydrogen-bond acceptors (Lipinski definition) is 2. The van der Waals surface area contributed by atoms with E-state index in [-0.39, 0.29) is 6.10 Å². The molecule has 0 spiro atoms. The van der Waals surface area contributed by atoms with Crippen molar-refractivity contribution in [2.24, 2.45) is 5.92 Å². The predicted octanol–water partition coefficient (Wildman–Crippen LogP) is 0.485. The molecule has 0 aromatic rings. The van der Waals surface area contributed by atoms with Crippen LogP contribution in [0.15, 0.2) is 12.7 Å². The molecule has 0 radical (unpaired) electrons. The summed E-state index contributed by atoms with van der Waals surface area (Å²) in [5.41, 5.74) is 0. The molecule has 0 bridgehead atoms. The van der Waals surface area contributed by atoms with Crippen molar-refractivity contribution in [3.63, 3.8) is 0 Å². The van der Waals surface area contributed by atoms with Crippen molar-refractivity contribution < 1.29 is 5.11 Å². The Bertz CT molecular complexity index is 114. The van der Waals surface area contributed by atoms with Gasteiger partial charge in [0.05, 0.1) is 6.10 Å². The SMILES string of the molecule is C=C[C@H]1CC(O)CN(C)C1. The first-order valence-corrected chi connectivity index (χ1v) is 3.71. The molecule has 1 unspecified atom stereocenters. The molecule has 1 saturated heterocycles. The lowest BCUT2D eigenvalue weighted by Gasteiger charge is -2.31. The summed E-state index contributed by atoms with van der Waals surface area (Å²) in [5, 5.41) is 9.29. The van der Waals surface area contributed by atoms with Gasteiger partial charge in [0.1, 0.15) is 0 Å². The van der Waals surface area contributed by atoms with E-state index >= 15 is 0 Å². The highest BCUT2D eigenvalue weighted by Crippen LogP contribution is 2.15. The van der Waals surface area contributed by atoms with Gasteiger partial charge in [-0.05, 0) is 19.4 Å². The molecule has 1 heterocycles. The molecule has 1 aliphatic rings. The van der Waals surface area contributed by atoms with Crippen molar-refractivity contribution in [3.05, 3.63) is 12.7 Å². The second kappa shape index (κ2) is 3.17. The largest absolute Gasteiger partial charge is 0.392 e. The molecule has 0 amide bonds. The molecule has 2 atom stereocenters. The van der Waals surface area contributed by atoms with Gasteiger partial charge in [0.2, 0.25) is 0 Å². The van der Waals surface area contributed by atoms with Gasteiger partial charge in [0.15, 0.2) is 0 Å². The molecule has 1 fully saturated rings. The first kappa shape index (κ1) is 7.76. The predicted molar refractivity (Wildman–Crippen MR) is 41.8 cm³/mol. The molecule has 58 valence electrons. The molecule has 1 N–H and O–H groups in total. The Morgan fingerprint density at radius 2 is 2.30 bits per heavy atom. The number of piperidine rings is 1. The van der Waals surface area contributed by atoms with Crippen LogP contribution >= 0.6 is 0 Å². The molecular formula is C8H15NO. The van der Waals surface area contributed by atoms with Gasteiger partial charge in [-0.3, -0.25) is 0 Å². The summed E-state index contributed by atoms with van der Waals surface area (Å²) in [6.45, 7) is 5.57. The maximum atomic E-state index is 9.29. The molecular weight excluding hydrogens is 126 g/mol. The van der Waals surface area contributed by atoms with Crippen LogP contribution in [0.1, 0.15) is 6.42 Å². The quantitative estimate of drug-likeness (QED) is 0.537. The zero-order chi connectivity index (χ0) is 7.56. The molecule has 0 saturated carbocycles. The van der Waals surface area contributed by atoms with E-state index in [1.54, 1.807) is 0 Å². The zero-order valence-electron chi connectivity index (χ0n) is 6.45. The van der Waals surface area contributed by atoms with Gasteiger partial charge in [0, 0.05) is 13.1 Å². The normalized spacial score (nSPS) is 35.8. The minimum absolute atomic E-state index is 0.151. The Hall–Kier alpha value is -0.340. The van der Waals surface area contributed by atoms with Crippen LogP contribution in [0.2, 0.25) is 0 Å². The summed E-state index contributed by atoms with van der Waals surface area (Å²) in [5.74, 6) is 0.480. The van der Waals surface area contributed by atoms with Gasteiger partial charge in [-0.2, -0.15) is 0 Å². The molecule has 1 aliphatic heterocycles. The average molecular weight is 141 g/mol. The number of likely N-dealkylation sites (tertiary alicyclic amines) is 1. The van der Waals surface area contributed by atoms with Crippen LogP contribution in [0.4, 0.5) is 0 Å². The van der Waals surface area contributed by atoms with Crippen molar-refractivity contribution >= 4 is 0 Å². The van der Waals surface area contributed by atoms with E-state index in [1.165, 1.54) is 0 Å². The van der Waals surface area contributed by atoms with Crippen LogP contribution in [0.3, 0.4) is 0 Å². The topological polar surface area (TPSA) is 23.5 Å². The zero-order valence-corrected chi connectivity index (χ0v) is 6.45. The minimum atomic E-state index is -0.151. The fourth-order valence-electron chi connectivity index (χ4n) is 1.50. The Morgan fingerprint density at radius 1 is 1.60 bits per heavy atom. The van der Waals surface area contributed by atoms with Crippen LogP contribution in [0, 0.1) is 5.92 Å². The van der Waals surface area contributed by atoms with Crippen molar-refractivity contribution in [3.8, 4) is 0 Å². The van der Waals surface area contributed by atoms with Crippen molar-refractivity contribution in [2.45, 2.75) is 12.5 Å². The maximum Gasteiger partial charge on any atom is 0.0673 e. The Morgan fingerprint density at radius 3 is 2.80 bits per heavy atom. The number of aliphatic hydroxyl groups excluding tert-OH is 1. The molecule has 1 rings (SSSR count). The second-order valence-corrected chi connectivity index (χ2v) is 3.11. The van der Waals surface area contributed by atoms with E-state index < -0.39 is 0 Å². The highest BCUT2D eigenvalue weighted by molar-refractivity contribution is 4.87. The fourth-order valence-corrected chi connectivity index (χ4v) is 1.50. The number of aliphatic hydroxyl groups is 1. The Kier molecular flexibility index (Phi) is 2.46. The van der Waals surface area contributed by atoms with Gasteiger partial charge in [-0.15, -0.1) is 6.58 Å². The summed E-state index contributed by atoms with van der Waals surface area (Å²) < 4.78 is 0. The highest BCUT2D eigenvalue weighted by Gasteiger charge is 2.20. The van der Waals surface area contributed by atoms with E-state index in [0.717, 1.165) is 19.5 Å².